The van der Waals surface area contributed by atoms with Crippen LogP contribution in [0.3, 0.4) is 0 Å². The lowest BCUT2D eigenvalue weighted by Gasteiger charge is -2.17. The van der Waals surface area contributed by atoms with E-state index < -0.39 is 0 Å². The Morgan fingerprint density at radius 3 is 2.62 bits per heavy atom. The first kappa shape index (κ1) is 9.39. The molecule has 0 amide bonds. The van der Waals surface area contributed by atoms with E-state index in [9.17, 15) is 0 Å². The van der Waals surface area contributed by atoms with Gasteiger partial charge in [0.1, 0.15) is 0 Å². The first-order valence-corrected chi connectivity index (χ1v) is 4.11. The van der Waals surface area contributed by atoms with Crippen LogP contribution in [0.25, 0.3) is 6.08 Å². The van der Waals surface area contributed by atoms with Gasteiger partial charge >= 0.3 is 0 Å². The van der Waals surface area contributed by atoms with Gasteiger partial charge in [0.05, 0.1) is 5.69 Å². The van der Waals surface area contributed by atoms with Crippen molar-refractivity contribution in [2.24, 2.45) is 0 Å². The van der Waals surface area contributed by atoms with Crippen molar-refractivity contribution in [2.45, 2.75) is 0 Å². The number of hydrazine groups is 1. The number of hydrogen-bond donors (Lipinski definition) is 1. The van der Waals surface area contributed by atoms with Crippen LogP contribution in [0, 0.1) is 0 Å². The second-order valence-corrected chi connectivity index (χ2v) is 2.70. The zero-order valence-corrected chi connectivity index (χ0v) is 7.83. The summed E-state index contributed by atoms with van der Waals surface area (Å²) in [5, 5.41) is 1.79. The van der Waals surface area contributed by atoms with Crippen molar-refractivity contribution in [1.82, 2.24) is 5.01 Å². The van der Waals surface area contributed by atoms with E-state index in [2.05, 4.69) is 18.6 Å². The van der Waals surface area contributed by atoms with E-state index in [4.69, 9.17) is 0 Å². The molecule has 0 radical (unpaired) electrons. The molecule has 0 aliphatic carbocycles. The second kappa shape index (κ2) is 4.36. The van der Waals surface area contributed by atoms with Gasteiger partial charge in [-0.15, -0.1) is 0 Å². The Hall–Kier alpha value is -1.70. The normalized spacial score (nSPS) is 9.00. The summed E-state index contributed by atoms with van der Waals surface area (Å²) < 4.78 is 0. The number of benzene rings is 1. The first-order chi connectivity index (χ1) is 6.27. The summed E-state index contributed by atoms with van der Waals surface area (Å²) in [5.74, 6) is 0. The predicted octanol–water partition coefficient (Wildman–Crippen LogP) is 2.73. The second-order valence-electron chi connectivity index (χ2n) is 2.70. The van der Waals surface area contributed by atoms with E-state index in [-0.39, 0.29) is 0 Å². The van der Waals surface area contributed by atoms with Gasteiger partial charge in [-0.05, 0) is 11.6 Å². The van der Waals surface area contributed by atoms with Gasteiger partial charge in [-0.3, -0.25) is 10.4 Å². The molecule has 2 nitrogen and oxygen atoms in total. The maximum absolute atomic E-state index is 3.74. The van der Waals surface area contributed by atoms with Crippen LogP contribution in [-0.2, 0) is 0 Å². The quantitative estimate of drug-likeness (QED) is 0.706. The number of hydrogen-bond acceptors (Lipinski definition) is 2. The Kier molecular flexibility index (Phi) is 3.15. The van der Waals surface area contributed by atoms with Crippen molar-refractivity contribution in [2.75, 3.05) is 12.5 Å². The summed E-state index contributed by atoms with van der Waals surface area (Å²) in [6.45, 7) is 7.39. The Morgan fingerprint density at radius 2 is 2.00 bits per heavy atom. The topological polar surface area (TPSA) is 15.3 Å². The summed E-state index contributed by atoms with van der Waals surface area (Å²) in [6.07, 6.45) is 3.53. The van der Waals surface area contributed by atoms with E-state index in [1.54, 1.807) is 11.2 Å². The minimum Gasteiger partial charge on any atom is -0.299 e. The van der Waals surface area contributed by atoms with Gasteiger partial charge in [-0.2, -0.15) is 0 Å². The SMILES string of the molecule is C=Cc1ccccc1NN(C)C=C. The molecule has 0 saturated carbocycles. The first-order valence-electron chi connectivity index (χ1n) is 4.11. The highest BCUT2D eigenvalue weighted by Crippen LogP contribution is 2.15. The van der Waals surface area contributed by atoms with Gasteiger partial charge in [0.2, 0.25) is 0 Å². The van der Waals surface area contributed by atoms with Gasteiger partial charge in [0, 0.05) is 13.2 Å². The molecule has 1 aromatic rings. The van der Waals surface area contributed by atoms with Crippen LogP contribution in [0.2, 0.25) is 0 Å². The molecule has 0 aliphatic rings. The van der Waals surface area contributed by atoms with Crippen LogP contribution < -0.4 is 5.43 Å². The van der Waals surface area contributed by atoms with E-state index in [1.807, 2.05) is 37.4 Å². The van der Waals surface area contributed by atoms with Crippen LogP contribution in [0.4, 0.5) is 5.69 Å². The van der Waals surface area contributed by atoms with Crippen molar-refractivity contribution in [1.29, 1.82) is 0 Å². The highest BCUT2D eigenvalue weighted by atomic mass is 15.5. The molecule has 0 saturated heterocycles. The molecule has 0 fully saturated rings. The standard InChI is InChI=1S/C11H14N2/c1-4-10-8-6-7-9-11(10)12-13(3)5-2/h4-9,12H,1-2H2,3H3. The third kappa shape index (κ3) is 2.37. The predicted molar refractivity (Wildman–Crippen MR) is 58.1 cm³/mol. The van der Waals surface area contributed by atoms with Gasteiger partial charge < -0.3 is 0 Å². The van der Waals surface area contributed by atoms with E-state index in [1.165, 1.54) is 0 Å². The van der Waals surface area contributed by atoms with Crippen molar-refractivity contribution < 1.29 is 0 Å². The molecule has 0 aliphatic heterocycles. The lowest BCUT2D eigenvalue weighted by atomic mass is 10.2. The number of anilines is 1. The zero-order chi connectivity index (χ0) is 9.68. The number of nitrogens with one attached hydrogen (secondary N) is 1. The molecule has 1 N–H and O–H groups in total. The number of nitrogens with zero attached hydrogens (tertiary/aromatic N) is 1. The maximum atomic E-state index is 3.74. The number of rotatable bonds is 4. The maximum Gasteiger partial charge on any atom is 0.0613 e. The van der Waals surface area contributed by atoms with Crippen LogP contribution in [-0.4, -0.2) is 12.1 Å². The molecule has 0 spiro atoms. The fraction of sp³-hybridized carbons (Fsp3) is 0.0909. The largest absolute Gasteiger partial charge is 0.299 e. The van der Waals surface area contributed by atoms with Crippen molar-refractivity contribution >= 4 is 11.8 Å². The molecule has 0 heterocycles. The van der Waals surface area contributed by atoms with E-state index >= 15 is 0 Å². The summed E-state index contributed by atoms with van der Waals surface area (Å²) in [7, 11) is 1.90. The Morgan fingerprint density at radius 1 is 1.31 bits per heavy atom. The highest BCUT2D eigenvalue weighted by molar-refractivity contribution is 5.64. The molecule has 0 atom stereocenters. The minimum absolute atomic E-state index is 1.03. The fourth-order valence-electron chi connectivity index (χ4n) is 1.01. The monoisotopic (exact) mass is 174 g/mol. The molecule has 13 heavy (non-hydrogen) atoms. The Bertz CT molecular complexity index is 305. The van der Waals surface area contributed by atoms with Crippen molar-refractivity contribution in [3.05, 3.63) is 49.2 Å². The summed E-state index contributed by atoms with van der Waals surface area (Å²) >= 11 is 0. The molecular weight excluding hydrogens is 160 g/mol. The lowest BCUT2D eigenvalue weighted by Crippen LogP contribution is -2.18. The van der Waals surface area contributed by atoms with Crippen molar-refractivity contribution in [3.63, 3.8) is 0 Å². The molecular formula is C11H14N2. The van der Waals surface area contributed by atoms with Crippen LogP contribution in [0.15, 0.2) is 43.6 Å². The van der Waals surface area contributed by atoms with Crippen molar-refractivity contribution in [3.8, 4) is 0 Å². The molecule has 68 valence electrons. The zero-order valence-electron chi connectivity index (χ0n) is 7.83. The van der Waals surface area contributed by atoms with Gasteiger partial charge in [-0.25, -0.2) is 0 Å². The van der Waals surface area contributed by atoms with E-state index in [0.717, 1.165) is 11.3 Å². The third-order valence-corrected chi connectivity index (χ3v) is 1.75. The minimum atomic E-state index is 1.03. The molecule has 2 heteroatoms. The Labute approximate surface area is 79.2 Å². The molecule has 1 aromatic carbocycles. The molecule has 0 bridgehead atoms. The summed E-state index contributed by atoms with van der Waals surface area (Å²) in [5.41, 5.74) is 5.26. The molecule has 1 rings (SSSR count). The fourth-order valence-corrected chi connectivity index (χ4v) is 1.01. The van der Waals surface area contributed by atoms with Gasteiger partial charge in [0.25, 0.3) is 0 Å². The highest BCUT2D eigenvalue weighted by Gasteiger charge is 1.96. The van der Waals surface area contributed by atoms with Crippen LogP contribution in [0.5, 0.6) is 0 Å². The van der Waals surface area contributed by atoms with Crippen LogP contribution >= 0.6 is 0 Å². The summed E-state index contributed by atoms with van der Waals surface area (Å²) in [6, 6.07) is 7.96. The summed E-state index contributed by atoms with van der Waals surface area (Å²) in [4.78, 5) is 0. The average Bonchev–Trinajstić information content (AvgIpc) is 2.18. The third-order valence-electron chi connectivity index (χ3n) is 1.75. The number of para-hydroxylation sites is 1. The molecule has 0 unspecified atom stereocenters. The lowest BCUT2D eigenvalue weighted by molar-refractivity contribution is 0.553. The van der Waals surface area contributed by atoms with E-state index in [0.29, 0.717) is 0 Å². The van der Waals surface area contributed by atoms with Gasteiger partial charge in [0.15, 0.2) is 0 Å². The van der Waals surface area contributed by atoms with Crippen LogP contribution in [0.1, 0.15) is 5.56 Å². The molecule has 0 aromatic heterocycles. The Balaban J connectivity index is 2.86. The average molecular weight is 174 g/mol. The van der Waals surface area contributed by atoms with Gasteiger partial charge in [-0.1, -0.05) is 37.4 Å². The smallest absolute Gasteiger partial charge is 0.0613 e.